The van der Waals surface area contributed by atoms with E-state index in [1.807, 2.05) is 24.3 Å². The molecule has 0 aliphatic carbocycles. The molecule has 2 aromatic carbocycles. The summed E-state index contributed by atoms with van der Waals surface area (Å²) < 4.78 is 44.3. The summed E-state index contributed by atoms with van der Waals surface area (Å²) in [6.45, 7) is 1.79. The Balaban J connectivity index is 1.34. The zero-order valence-electron chi connectivity index (χ0n) is 16.9. The predicted molar refractivity (Wildman–Crippen MR) is 122 cm³/mol. The third-order valence-corrected chi connectivity index (χ3v) is 7.08. The van der Waals surface area contributed by atoms with Crippen molar-refractivity contribution >= 4 is 46.4 Å². The van der Waals surface area contributed by atoms with Crippen molar-refractivity contribution in [3.63, 3.8) is 0 Å². The van der Waals surface area contributed by atoms with Crippen LogP contribution in [0.15, 0.2) is 53.4 Å². The van der Waals surface area contributed by atoms with Crippen LogP contribution in [0.1, 0.15) is 28.8 Å². The Morgan fingerprint density at radius 1 is 1.06 bits per heavy atom. The fourth-order valence-electron chi connectivity index (χ4n) is 3.98. The third-order valence-electron chi connectivity index (χ3n) is 5.62. The minimum Gasteiger partial charge on any atom is -0.441 e. The number of carbonyl (C=O) groups is 2. The lowest BCUT2D eigenvalue weighted by Crippen LogP contribution is -2.48. The summed E-state index contributed by atoms with van der Waals surface area (Å²) in [7, 11) is 0. The van der Waals surface area contributed by atoms with Crippen molar-refractivity contribution in [3.05, 3.63) is 63.2 Å². The molecule has 4 rings (SSSR count). The van der Waals surface area contributed by atoms with Gasteiger partial charge in [-0.25, -0.2) is 4.79 Å². The molecule has 2 aromatic rings. The molecule has 2 aliphatic heterocycles. The maximum absolute atomic E-state index is 12.8. The molecule has 10 heteroatoms. The van der Waals surface area contributed by atoms with Crippen molar-refractivity contribution in [2.24, 2.45) is 0 Å². The maximum atomic E-state index is 12.8. The van der Waals surface area contributed by atoms with Crippen molar-refractivity contribution in [3.8, 4) is 0 Å². The van der Waals surface area contributed by atoms with Gasteiger partial charge in [-0.05, 0) is 76.3 Å². The number of rotatable bonds is 4. The minimum atomic E-state index is -4.36. The molecular weight excluding hydrogens is 556 g/mol. The van der Waals surface area contributed by atoms with Crippen LogP contribution in [0.3, 0.4) is 0 Å². The van der Waals surface area contributed by atoms with E-state index in [9.17, 15) is 22.8 Å². The molecule has 0 atom stereocenters. The highest BCUT2D eigenvalue weighted by molar-refractivity contribution is 14.1. The number of likely N-dealkylation sites (tertiary alicyclic amines) is 1. The Kier molecular flexibility index (Phi) is 6.62. The number of piperidine rings is 1. The quantitative estimate of drug-likeness (QED) is 0.355. The second-order valence-electron chi connectivity index (χ2n) is 7.90. The molecule has 32 heavy (non-hydrogen) atoms. The van der Waals surface area contributed by atoms with E-state index in [0.29, 0.717) is 44.6 Å². The van der Waals surface area contributed by atoms with Gasteiger partial charge in [-0.15, -0.1) is 0 Å². The van der Waals surface area contributed by atoms with Crippen LogP contribution in [0.4, 0.5) is 18.0 Å². The number of halogens is 4. The van der Waals surface area contributed by atoms with E-state index in [1.165, 1.54) is 24.3 Å². The Labute approximate surface area is 201 Å². The summed E-state index contributed by atoms with van der Waals surface area (Å²) in [5.74, 6) is -0.233. The van der Waals surface area contributed by atoms with Crippen LogP contribution >= 0.6 is 34.4 Å². The fraction of sp³-hybridized carbons (Fsp3) is 0.364. The van der Waals surface area contributed by atoms with Crippen LogP contribution in [0, 0.1) is 3.57 Å². The van der Waals surface area contributed by atoms with Gasteiger partial charge in [-0.3, -0.25) is 9.69 Å². The first kappa shape index (κ1) is 23.2. The zero-order chi connectivity index (χ0) is 22.9. The molecule has 2 aliphatic rings. The Bertz CT molecular complexity index is 991. The molecule has 2 fully saturated rings. The normalized spacial score (nSPS) is 18.2. The van der Waals surface area contributed by atoms with Gasteiger partial charge in [0.2, 0.25) is 0 Å². The number of amides is 2. The van der Waals surface area contributed by atoms with E-state index in [-0.39, 0.29) is 28.7 Å². The molecule has 0 N–H and O–H groups in total. The number of hydrogen-bond acceptors (Lipinski definition) is 4. The molecule has 5 nitrogen and oxygen atoms in total. The molecule has 0 radical (unpaired) electrons. The van der Waals surface area contributed by atoms with Crippen LogP contribution in [0.25, 0.3) is 0 Å². The maximum Gasteiger partial charge on any atom is 0.446 e. The van der Waals surface area contributed by atoms with E-state index in [0.717, 1.165) is 9.13 Å². The van der Waals surface area contributed by atoms with Gasteiger partial charge < -0.3 is 9.64 Å². The van der Waals surface area contributed by atoms with Crippen molar-refractivity contribution in [1.82, 2.24) is 9.80 Å². The first-order valence-corrected chi connectivity index (χ1v) is 11.9. The number of ether oxygens (including phenoxy) is 1. The molecule has 0 unspecified atom stereocenters. The van der Waals surface area contributed by atoms with E-state index in [4.69, 9.17) is 4.74 Å². The lowest BCUT2D eigenvalue weighted by molar-refractivity contribution is -0.0328. The van der Waals surface area contributed by atoms with Crippen LogP contribution in [-0.2, 0) is 11.3 Å². The van der Waals surface area contributed by atoms with Crippen molar-refractivity contribution in [1.29, 1.82) is 0 Å². The van der Waals surface area contributed by atoms with Crippen LogP contribution < -0.4 is 0 Å². The number of carbonyl (C=O) groups excluding carboxylic acids is 2. The van der Waals surface area contributed by atoms with Gasteiger partial charge in [0, 0.05) is 46.5 Å². The average Bonchev–Trinajstić information content (AvgIpc) is 3.03. The first-order valence-electron chi connectivity index (χ1n) is 10.00. The lowest BCUT2D eigenvalue weighted by Gasteiger charge is -2.37. The van der Waals surface area contributed by atoms with Gasteiger partial charge in [-0.2, -0.15) is 13.2 Å². The van der Waals surface area contributed by atoms with Gasteiger partial charge in [0.25, 0.3) is 5.91 Å². The number of benzene rings is 2. The van der Waals surface area contributed by atoms with Gasteiger partial charge in [0.1, 0.15) is 5.60 Å². The molecule has 2 heterocycles. The molecule has 0 saturated carbocycles. The molecule has 2 saturated heterocycles. The molecule has 1 spiro atoms. The number of alkyl halides is 3. The topological polar surface area (TPSA) is 49.9 Å². The molecule has 170 valence electrons. The summed E-state index contributed by atoms with van der Waals surface area (Å²) in [6.07, 6.45) is 0.701. The second-order valence-corrected chi connectivity index (χ2v) is 10.3. The highest BCUT2D eigenvalue weighted by Gasteiger charge is 2.47. The Morgan fingerprint density at radius 3 is 2.28 bits per heavy atom. The van der Waals surface area contributed by atoms with Crippen LogP contribution in [0.5, 0.6) is 0 Å². The van der Waals surface area contributed by atoms with Crippen molar-refractivity contribution in [2.45, 2.75) is 35.4 Å². The molecule has 0 bridgehead atoms. The van der Waals surface area contributed by atoms with Crippen LogP contribution in [0.2, 0.25) is 0 Å². The smallest absolute Gasteiger partial charge is 0.441 e. The van der Waals surface area contributed by atoms with E-state index >= 15 is 0 Å². The largest absolute Gasteiger partial charge is 0.446 e. The second kappa shape index (κ2) is 9.12. The monoisotopic (exact) mass is 576 g/mol. The minimum absolute atomic E-state index is 0.0396. The standard InChI is InChI=1S/C22H20F3IN2O3S/c23-22(24,25)32-18-7-3-16(4-8-18)19(29)27-11-9-21(10-12-27)14-28(20(30)31-21)13-15-1-5-17(26)6-2-15/h1-8H,9-14H2. The van der Waals surface area contributed by atoms with Crippen molar-refractivity contribution < 1.29 is 27.5 Å². The Morgan fingerprint density at radius 2 is 1.69 bits per heavy atom. The van der Waals surface area contributed by atoms with Gasteiger partial charge in [0.15, 0.2) is 0 Å². The predicted octanol–water partition coefficient (Wildman–Crippen LogP) is 5.53. The SMILES string of the molecule is O=C1OC2(CCN(C(=O)c3ccc(SC(F)(F)F)cc3)CC2)CN1Cc1ccc(I)cc1. The zero-order valence-corrected chi connectivity index (χ0v) is 19.9. The lowest BCUT2D eigenvalue weighted by atomic mass is 9.91. The Hall–Kier alpha value is -1.95. The molecule has 2 amide bonds. The number of hydrogen-bond donors (Lipinski definition) is 0. The summed E-state index contributed by atoms with van der Waals surface area (Å²) in [6, 6.07) is 13.4. The van der Waals surface area contributed by atoms with Gasteiger partial charge >= 0.3 is 11.6 Å². The average molecular weight is 576 g/mol. The molecular formula is C22H20F3IN2O3S. The fourth-order valence-corrected chi connectivity index (χ4v) is 4.88. The van der Waals surface area contributed by atoms with E-state index in [1.54, 1.807) is 9.80 Å². The molecule has 0 aromatic heterocycles. The van der Waals surface area contributed by atoms with Crippen molar-refractivity contribution in [2.75, 3.05) is 19.6 Å². The highest BCUT2D eigenvalue weighted by Crippen LogP contribution is 2.37. The summed E-state index contributed by atoms with van der Waals surface area (Å²) >= 11 is 2.02. The van der Waals surface area contributed by atoms with Gasteiger partial charge in [-0.1, -0.05) is 12.1 Å². The highest BCUT2D eigenvalue weighted by atomic mass is 127. The summed E-state index contributed by atoms with van der Waals surface area (Å²) in [4.78, 5) is 28.6. The van der Waals surface area contributed by atoms with Crippen LogP contribution in [-0.4, -0.2) is 52.5 Å². The third kappa shape index (κ3) is 5.51. The van der Waals surface area contributed by atoms with E-state index < -0.39 is 11.1 Å². The first-order chi connectivity index (χ1) is 15.1. The number of nitrogens with zero attached hydrogens (tertiary/aromatic N) is 2. The van der Waals surface area contributed by atoms with E-state index in [2.05, 4.69) is 22.6 Å². The number of thioether (sulfide) groups is 1. The summed E-state index contributed by atoms with van der Waals surface area (Å²) in [5, 5.41) is 0. The summed E-state index contributed by atoms with van der Waals surface area (Å²) in [5.41, 5.74) is -3.60. The van der Waals surface area contributed by atoms with Gasteiger partial charge in [0.05, 0.1) is 6.54 Å².